The van der Waals surface area contributed by atoms with Gasteiger partial charge >= 0.3 is 6.09 Å². The van der Waals surface area contributed by atoms with E-state index in [0.29, 0.717) is 37.4 Å². The van der Waals surface area contributed by atoms with Crippen LogP contribution >= 0.6 is 0 Å². The highest BCUT2D eigenvalue weighted by atomic mass is 16.6. The molecule has 0 bridgehead atoms. The number of rotatable bonds is 5. The van der Waals surface area contributed by atoms with Crippen LogP contribution < -0.4 is 5.73 Å². The number of ether oxygens (including phenoxy) is 2. The Labute approximate surface area is 148 Å². The fraction of sp³-hybridized carbons (Fsp3) is 0.824. The third-order valence-electron chi connectivity index (χ3n) is 4.52. The number of likely N-dealkylation sites (tertiary alicyclic amines) is 1. The minimum absolute atomic E-state index is 0.251. The Morgan fingerprint density at radius 3 is 2.64 bits per heavy atom. The van der Waals surface area contributed by atoms with E-state index >= 15 is 0 Å². The zero-order valence-electron chi connectivity index (χ0n) is 15.4. The molecule has 0 aromatic carbocycles. The van der Waals surface area contributed by atoms with Crippen LogP contribution in [-0.4, -0.2) is 52.5 Å². The van der Waals surface area contributed by atoms with Gasteiger partial charge in [0, 0.05) is 31.0 Å². The molecule has 0 radical (unpaired) electrons. The predicted molar refractivity (Wildman–Crippen MR) is 89.9 cm³/mol. The summed E-state index contributed by atoms with van der Waals surface area (Å²) in [5.41, 5.74) is 5.33. The number of carbonyl (C=O) groups is 1. The van der Waals surface area contributed by atoms with Crippen molar-refractivity contribution in [2.24, 2.45) is 11.7 Å². The van der Waals surface area contributed by atoms with Crippen molar-refractivity contribution in [2.45, 2.75) is 64.2 Å². The molecule has 1 aliphatic heterocycles. The van der Waals surface area contributed by atoms with Crippen LogP contribution in [0.5, 0.6) is 0 Å². The van der Waals surface area contributed by atoms with Gasteiger partial charge in [-0.1, -0.05) is 0 Å². The molecule has 1 amide bonds. The molecule has 1 aromatic heterocycles. The SMILES string of the molecule is C[C@@H](OCC1CN(C(=O)OC(C)(C)C)C1)c1nnc([C@H]2C[C@H](N)C2)o1. The van der Waals surface area contributed by atoms with Crippen molar-refractivity contribution in [2.75, 3.05) is 19.7 Å². The van der Waals surface area contributed by atoms with Gasteiger partial charge < -0.3 is 24.5 Å². The Balaban J connectivity index is 1.38. The summed E-state index contributed by atoms with van der Waals surface area (Å²) in [6, 6.07) is 0.251. The Bertz CT molecular complexity index is 600. The quantitative estimate of drug-likeness (QED) is 0.866. The van der Waals surface area contributed by atoms with Crippen LogP contribution in [0, 0.1) is 5.92 Å². The summed E-state index contributed by atoms with van der Waals surface area (Å²) in [6.07, 6.45) is 1.28. The first-order valence-electron chi connectivity index (χ1n) is 8.89. The molecule has 8 heteroatoms. The number of nitrogens with two attached hydrogens (primary N) is 1. The number of hydrogen-bond acceptors (Lipinski definition) is 7. The molecule has 140 valence electrons. The second-order valence-corrected chi connectivity index (χ2v) is 8.13. The third kappa shape index (κ3) is 4.49. The summed E-state index contributed by atoms with van der Waals surface area (Å²) < 4.78 is 16.9. The van der Waals surface area contributed by atoms with E-state index in [-0.39, 0.29) is 24.2 Å². The zero-order valence-corrected chi connectivity index (χ0v) is 15.4. The van der Waals surface area contributed by atoms with Gasteiger partial charge in [-0.25, -0.2) is 4.79 Å². The molecule has 2 fully saturated rings. The monoisotopic (exact) mass is 352 g/mol. The van der Waals surface area contributed by atoms with E-state index in [2.05, 4.69) is 10.2 Å². The van der Waals surface area contributed by atoms with Gasteiger partial charge in [0.05, 0.1) is 6.61 Å². The van der Waals surface area contributed by atoms with Crippen LogP contribution in [-0.2, 0) is 9.47 Å². The summed E-state index contributed by atoms with van der Waals surface area (Å²) >= 11 is 0. The fourth-order valence-corrected chi connectivity index (χ4v) is 2.94. The lowest BCUT2D eigenvalue weighted by molar-refractivity contribution is -0.0386. The Hall–Kier alpha value is -1.67. The van der Waals surface area contributed by atoms with Crippen molar-refractivity contribution in [3.05, 3.63) is 11.8 Å². The van der Waals surface area contributed by atoms with Crippen molar-refractivity contribution in [3.8, 4) is 0 Å². The van der Waals surface area contributed by atoms with E-state index in [0.717, 1.165) is 12.8 Å². The first kappa shape index (κ1) is 18.1. The van der Waals surface area contributed by atoms with Crippen LogP contribution in [0.1, 0.15) is 64.3 Å². The molecule has 0 unspecified atom stereocenters. The highest BCUT2D eigenvalue weighted by Gasteiger charge is 2.35. The van der Waals surface area contributed by atoms with Crippen molar-refractivity contribution in [3.63, 3.8) is 0 Å². The van der Waals surface area contributed by atoms with Crippen LogP contribution in [0.25, 0.3) is 0 Å². The topological polar surface area (TPSA) is 104 Å². The molecule has 0 spiro atoms. The lowest BCUT2D eigenvalue weighted by Crippen LogP contribution is -2.53. The summed E-state index contributed by atoms with van der Waals surface area (Å²) in [4.78, 5) is 13.6. The molecule has 8 nitrogen and oxygen atoms in total. The van der Waals surface area contributed by atoms with Crippen molar-refractivity contribution in [1.82, 2.24) is 15.1 Å². The molecule has 1 aromatic rings. The standard InChI is InChI=1S/C17H28N4O4/c1-10(14-19-20-15(24-14)12-5-13(18)6-12)23-9-11-7-21(8-11)16(22)25-17(2,3)4/h10-13H,5-9,18H2,1-4H3/t10-,12-,13-/m1/s1. The van der Waals surface area contributed by atoms with Crippen LogP contribution in [0.2, 0.25) is 0 Å². The number of nitrogens with zero attached hydrogens (tertiary/aromatic N) is 3. The Kier molecular flexibility index (Phi) is 5.02. The molecule has 2 N–H and O–H groups in total. The second kappa shape index (κ2) is 6.92. The highest BCUT2D eigenvalue weighted by molar-refractivity contribution is 5.69. The van der Waals surface area contributed by atoms with Gasteiger partial charge in [-0.2, -0.15) is 0 Å². The second-order valence-electron chi connectivity index (χ2n) is 8.13. The summed E-state index contributed by atoms with van der Waals surface area (Å²) in [5, 5.41) is 8.18. The Morgan fingerprint density at radius 1 is 1.36 bits per heavy atom. The Morgan fingerprint density at radius 2 is 2.04 bits per heavy atom. The average molecular weight is 352 g/mol. The summed E-state index contributed by atoms with van der Waals surface area (Å²) in [7, 11) is 0. The number of amides is 1. The molecule has 2 aliphatic rings. The van der Waals surface area contributed by atoms with E-state index in [4.69, 9.17) is 19.6 Å². The van der Waals surface area contributed by atoms with E-state index in [1.54, 1.807) is 4.90 Å². The average Bonchev–Trinajstić information content (AvgIpc) is 2.89. The lowest BCUT2D eigenvalue weighted by Gasteiger charge is -2.39. The first-order chi connectivity index (χ1) is 11.7. The first-order valence-corrected chi connectivity index (χ1v) is 8.89. The van der Waals surface area contributed by atoms with E-state index < -0.39 is 5.60 Å². The molecule has 1 aliphatic carbocycles. The largest absolute Gasteiger partial charge is 0.444 e. The molecular formula is C17H28N4O4. The normalized spacial score (nSPS) is 25.2. The number of carbonyl (C=O) groups excluding carboxylic acids is 1. The van der Waals surface area contributed by atoms with Gasteiger partial charge in [0.25, 0.3) is 0 Å². The molecule has 3 rings (SSSR count). The number of hydrogen-bond donors (Lipinski definition) is 1. The zero-order chi connectivity index (χ0) is 18.2. The van der Waals surface area contributed by atoms with Gasteiger partial charge in [-0.15, -0.1) is 10.2 Å². The minimum Gasteiger partial charge on any atom is -0.444 e. The molecule has 25 heavy (non-hydrogen) atoms. The predicted octanol–water partition coefficient (Wildman–Crippen LogP) is 2.22. The minimum atomic E-state index is -0.465. The maximum atomic E-state index is 11.9. The molecule has 2 heterocycles. The maximum absolute atomic E-state index is 11.9. The van der Waals surface area contributed by atoms with Gasteiger partial charge in [0.1, 0.15) is 11.7 Å². The van der Waals surface area contributed by atoms with Gasteiger partial charge in [-0.05, 0) is 40.5 Å². The van der Waals surface area contributed by atoms with Crippen LogP contribution in [0.15, 0.2) is 4.42 Å². The maximum Gasteiger partial charge on any atom is 0.410 e. The van der Waals surface area contributed by atoms with Crippen LogP contribution in [0.4, 0.5) is 4.79 Å². The van der Waals surface area contributed by atoms with Gasteiger partial charge in [-0.3, -0.25) is 0 Å². The number of aromatic nitrogens is 2. The molecule has 1 saturated heterocycles. The highest BCUT2D eigenvalue weighted by Crippen LogP contribution is 2.35. The van der Waals surface area contributed by atoms with E-state index in [1.807, 2.05) is 27.7 Å². The molecule has 1 atom stereocenters. The fourth-order valence-electron chi connectivity index (χ4n) is 2.94. The third-order valence-corrected chi connectivity index (χ3v) is 4.52. The van der Waals surface area contributed by atoms with Crippen molar-refractivity contribution < 1.29 is 18.7 Å². The molecular weight excluding hydrogens is 324 g/mol. The van der Waals surface area contributed by atoms with E-state index in [9.17, 15) is 4.79 Å². The van der Waals surface area contributed by atoms with Crippen molar-refractivity contribution >= 4 is 6.09 Å². The lowest BCUT2D eigenvalue weighted by atomic mass is 9.81. The smallest absolute Gasteiger partial charge is 0.410 e. The summed E-state index contributed by atoms with van der Waals surface area (Å²) in [5.74, 6) is 1.75. The van der Waals surface area contributed by atoms with E-state index in [1.165, 1.54) is 0 Å². The van der Waals surface area contributed by atoms with Crippen molar-refractivity contribution in [1.29, 1.82) is 0 Å². The van der Waals surface area contributed by atoms with Gasteiger partial charge in [0.15, 0.2) is 0 Å². The summed E-state index contributed by atoms with van der Waals surface area (Å²) in [6.45, 7) is 9.34. The molecule has 1 saturated carbocycles. The van der Waals surface area contributed by atoms with Gasteiger partial charge in [0.2, 0.25) is 11.8 Å². The van der Waals surface area contributed by atoms with Crippen LogP contribution in [0.3, 0.4) is 0 Å².